The first-order chi connectivity index (χ1) is 19.8. The molecule has 10 heteroatoms. The highest BCUT2D eigenvalue weighted by molar-refractivity contribution is 5.91. The van der Waals surface area contributed by atoms with Gasteiger partial charge in [0.25, 0.3) is 0 Å². The third-order valence-electron chi connectivity index (χ3n) is 4.86. The Kier molecular flexibility index (Phi) is 32.0. The second-order valence-electron chi connectivity index (χ2n) is 9.67. The van der Waals surface area contributed by atoms with Crippen LogP contribution in [0.2, 0.25) is 0 Å². The second kappa shape index (κ2) is 31.6. The van der Waals surface area contributed by atoms with E-state index in [4.69, 9.17) is 32.8 Å². The highest BCUT2D eigenvalue weighted by atomic mass is 16.4. The van der Waals surface area contributed by atoms with Gasteiger partial charge in [0, 0.05) is 20.5 Å². The summed E-state index contributed by atoms with van der Waals surface area (Å²) in [7, 11) is 3.45. The van der Waals surface area contributed by atoms with Crippen LogP contribution in [-0.2, 0) is 9.59 Å². The van der Waals surface area contributed by atoms with E-state index in [0.29, 0.717) is 18.8 Å². The Balaban J connectivity index is -0.000000687. The fourth-order valence-corrected chi connectivity index (χ4v) is 2.68. The molecule has 0 heterocycles. The monoisotopic (exact) mass is 588 g/mol. The van der Waals surface area contributed by atoms with Crippen molar-refractivity contribution in [3.8, 4) is 0 Å². The molecule has 0 aliphatic carbocycles. The first kappa shape index (κ1) is 42.5. The normalized spacial score (nSPS) is 12.8. The van der Waals surface area contributed by atoms with Gasteiger partial charge < -0.3 is 32.3 Å². The molecule has 0 bridgehead atoms. The minimum absolute atomic E-state index is 0.210. The highest BCUT2D eigenvalue weighted by Gasteiger charge is 2.11. The van der Waals surface area contributed by atoms with Gasteiger partial charge in [-0.1, -0.05) is 93.7 Å². The van der Waals surface area contributed by atoms with Crippen LogP contribution >= 0.6 is 0 Å². The number of nitrogens with zero attached hydrogens (tertiary/aromatic N) is 2. The lowest BCUT2D eigenvalue weighted by Gasteiger charge is -2.08. The first-order valence-corrected chi connectivity index (χ1v) is 14.3. The molecule has 0 aliphatic heterocycles. The average molecular weight is 589 g/mol. The molecule has 238 valence electrons. The molecule has 0 saturated carbocycles. The number of carboxylic acid groups (broad SMARTS) is 2. The SMILES string of the molecule is CC(C)C[C@H](N)C(=O)O.CC/C=C\C/C=C\C/C=C\C/C=C\C/C=C\C/C=C\CCC(=O)O.CN(C)C(N)=NC(=N)N. The molecule has 0 rings (SSSR count). The van der Waals surface area contributed by atoms with Gasteiger partial charge in [-0.15, -0.1) is 0 Å². The van der Waals surface area contributed by atoms with Gasteiger partial charge in [-0.3, -0.25) is 15.0 Å². The lowest BCUT2D eigenvalue weighted by Crippen LogP contribution is -2.32. The predicted molar refractivity (Wildman–Crippen MR) is 177 cm³/mol. The number of allylic oxidation sites excluding steroid dienone is 12. The zero-order valence-corrected chi connectivity index (χ0v) is 26.3. The smallest absolute Gasteiger partial charge is 0.320 e. The summed E-state index contributed by atoms with van der Waals surface area (Å²) >= 11 is 0. The minimum atomic E-state index is -0.913. The maximum Gasteiger partial charge on any atom is 0.320 e. The van der Waals surface area contributed by atoms with Gasteiger partial charge in [0.1, 0.15) is 6.04 Å². The van der Waals surface area contributed by atoms with Crippen LogP contribution in [0.4, 0.5) is 0 Å². The average Bonchev–Trinajstić information content (AvgIpc) is 2.89. The van der Waals surface area contributed by atoms with E-state index in [1.807, 2.05) is 26.0 Å². The Hall–Kier alpha value is -3.92. The van der Waals surface area contributed by atoms with Gasteiger partial charge in [0.2, 0.25) is 5.96 Å². The molecular weight excluding hydrogens is 532 g/mol. The van der Waals surface area contributed by atoms with E-state index in [9.17, 15) is 9.59 Å². The molecule has 0 aromatic rings. The van der Waals surface area contributed by atoms with Gasteiger partial charge in [0.15, 0.2) is 5.96 Å². The van der Waals surface area contributed by atoms with Crippen molar-refractivity contribution in [1.82, 2.24) is 4.90 Å². The fraction of sp³-hybridized carbons (Fsp3) is 0.500. The summed E-state index contributed by atoms with van der Waals surface area (Å²) in [5.74, 6) is -1.34. The lowest BCUT2D eigenvalue weighted by molar-refractivity contribution is -0.139. The molecule has 0 spiro atoms. The lowest BCUT2D eigenvalue weighted by atomic mass is 10.1. The minimum Gasteiger partial charge on any atom is -0.481 e. The molecule has 0 saturated heterocycles. The van der Waals surface area contributed by atoms with Crippen LogP contribution < -0.4 is 17.2 Å². The summed E-state index contributed by atoms with van der Waals surface area (Å²) < 4.78 is 0. The topological polar surface area (TPSA) is 192 Å². The van der Waals surface area contributed by atoms with Crippen molar-refractivity contribution in [2.75, 3.05) is 14.1 Å². The third kappa shape index (κ3) is 40.6. The maximum absolute atomic E-state index is 10.3. The molecule has 0 amide bonds. The van der Waals surface area contributed by atoms with Crippen molar-refractivity contribution in [3.05, 3.63) is 72.9 Å². The molecule has 0 fully saturated rings. The van der Waals surface area contributed by atoms with Gasteiger partial charge in [-0.25, -0.2) is 0 Å². The number of carbonyl (C=O) groups is 2. The van der Waals surface area contributed by atoms with E-state index in [1.54, 1.807) is 19.0 Å². The molecule has 0 unspecified atom stereocenters. The van der Waals surface area contributed by atoms with Crippen LogP contribution in [0, 0.1) is 11.3 Å². The molecule has 0 aromatic carbocycles. The van der Waals surface area contributed by atoms with E-state index >= 15 is 0 Å². The largest absolute Gasteiger partial charge is 0.481 e. The number of guanidine groups is 2. The standard InChI is InChI=1S/C22H32O2.C6H13NO2.C4H11N5/c1-2-3-4-5-6-7-8-9-10-11-12-13-14-15-16-17-18-19-20-21-22(23)24;1-4(2)3-5(7)6(8)9;1-9(2)4(7)8-3(5)6/h3-4,6-7,9-10,12-13,15-16,18-19H,2,5,8,11,14,17,20-21H2,1H3,(H,23,24);4-5H,3,7H2,1-2H3,(H,8,9);1-2H3,(H5,5,6,7,8)/b4-3-,7-6-,10-9-,13-12-,16-15-,19-18-;;/t;5-;/m.0./s1. The van der Waals surface area contributed by atoms with Gasteiger partial charge in [-0.05, 0) is 57.3 Å². The maximum atomic E-state index is 10.3. The number of nitrogens with one attached hydrogen (secondary N) is 1. The molecule has 0 radical (unpaired) electrons. The fourth-order valence-electron chi connectivity index (χ4n) is 2.68. The molecule has 0 aliphatic rings. The van der Waals surface area contributed by atoms with Crippen molar-refractivity contribution in [1.29, 1.82) is 5.41 Å². The van der Waals surface area contributed by atoms with Gasteiger partial charge in [0.05, 0.1) is 0 Å². The zero-order chi connectivity index (χ0) is 32.6. The summed E-state index contributed by atoms with van der Waals surface area (Å²) in [5, 5.41) is 23.5. The molecule has 9 N–H and O–H groups in total. The summed E-state index contributed by atoms with van der Waals surface area (Å²) in [6, 6.07) is -0.690. The van der Waals surface area contributed by atoms with E-state index in [0.717, 1.165) is 38.5 Å². The Labute approximate surface area is 253 Å². The molecular formula is C32H56N6O4. The van der Waals surface area contributed by atoms with E-state index in [-0.39, 0.29) is 18.3 Å². The third-order valence-corrected chi connectivity index (χ3v) is 4.86. The summed E-state index contributed by atoms with van der Waals surface area (Å²) in [6.07, 6.45) is 33.0. The molecule has 42 heavy (non-hydrogen) atoms. The van der Waals surface area contributed by atoms with Crippen LogP contribution in [0.1, 0.15) is 78.6 Å². The summed E-state index contributed by atoms with van der Waals surface area (Å²) in [4.78, 5) is 25.5. The van der Waals surface area contributed by atoms with Crippen molar-refractivity contribution >= 4 is 23.9 Å². The van der Waals surface area contributed by atoms with Crippen LogP contribution in [-0.4, -0.2) is 59.1 Å². The number of hydrogen-bond donors (Lipinski definition) is 6. The second-order valence-corrected chi connectivity index (χ2v) is 9.67. The Morgan fingerprint density at radius 1 is 0.786 bits per heavy atom. The van der Waals surface area contributed by atoms with Crippen molar-refractivity contribution in [2.24, 2.45) is 28.1 Å². The number of rotatable bonds is 17. The number of carboxylic acids is 2. The van der Waals surface area contributed by atoms with Crippen LogP contribution in [0.25, 0.3) is 0 Å². The van der Waals surface area contributed by atoms with Crippen LogP contribution in [0.5, 0.6) is 0 Å². The number of aliphatic imine (C=N–C) groups is 1. The zero-order valence-electron chi connectivity index (χ0n) is 26.3. The van der Waals surface area contributed by atoms with Crippen molar-refractivity contribution in [3.63, 3.8) is 0 Å². The van der Waals surface area contributed by atoms with Crippen LogP contribution in [0.15, 0.2) is 77.9 Å². The van der Waals surface area contributed by atoms with Crippen LogP contribution in [0.3, 0.4) is 0 Å². The molecule has 10 nitrogen and oxygen atoms in total. The summed E-state index contributed by atoms with van der Waals surface area (Å²) in [6.45, 7) is 6.04. The summed E-state index contributed by atoms with van der Waals surface area (Å²) in [5.41, 5.74) is 15.4. The number of nitrogens with two attached hydrogens (primary N) is 3. The van der Waals surface area contributed by atoms with Gasteiger partial charge in [-0.2, -0.15) is 4.99 Å². The first-order valence-electron chi connectivity index (χ1n) is 14.3. The van der Waals surface area contributed by atoms with E-state index < -0.39 is 18.0 Å². The Bertz CT molecular complexity index is 916. The Morgan fingerprint density at radius 2 is 1.17 bits per heavy atom. The van der Waals surface area contributed by atoms with Crippen molar-refractivity contribution in [2.45, 2.75) is 84.6 Å². The van der Waals surface area contributed by atoms with E-state index in [1.165, 1.54) is 0 Å². The quantitative estimate of drug-likeness (QED) is 0.0702. The van der Waals surface area contributed by atoms with Crippen molar-refractivity contribution < 1.29 is 19.8 Å². The highest BCUT2D eigenvalue weighted by Crippen LogP contribution is 2.01. The number of aliphatic carboxylic acids is 2. The molecule has 0 aromatic heterocycles. The number of hydrogen-bond acceptors (Lipinski definition) is 4. The Morgan fingerprint density at radius 3 is 1.40 bits per heavy atom. The van der Waals surface area contributed by atoms with Gasteiger partial charge >= 0.3 is 11.9 Å². The van der Waals surface area contributed by atoms with E-state index in [2.05, 4.69) is 72.7 Å². The molecule has 1 atom stereocenters. The predicted octanol–water partition coefficient (Wildman–Crippen LogP) is 5.75.